The van der Waals surface area contributed by atoms with Crippen LogP contribution in [0.1, 0.15) is 29.8 Å². The van der Waals surface area contributed by atoms with Gasteiger partial charge in [0.1, 0.15) is 12.4 Å². The first-order valence-electron chi connectivity index (χ1n) is 6.95. The Morgan fingerprint density at radius 1 is 1.37 bits per heavy atom. The van der Waals surface area contributed by atoms with E-state index in [2.05, 4.69) is 9.97 Å². The van der Waals surface area contributed by atoms with Gasteiger partial charge < -0.3 is 9.64 Å². The minimum absolute atomic E-state index is 0.149. The number of hydrogen-bond acceptors (Lipinski definition) is 4. The molecule has 0 aliphatic carbocycles. The van der Waals surface area contributed by atoms with E-state index in [0.717, 1.165) is 56.8 Å². The lowest BCUT2D eigenvalue weighted by atomic mass is 10.1. The summed E-state index contributed by atoms with van der Waals surface area (Å²) in [5, 5.41) is 0. The Kier molecular flexibility index (Phi) is 3.46. The van der Waals surface area contributed by atoms with Crippen LogP contribution in [0, 0.1) is 6.92 Å². The molecule has 5 heteroatoms. The second kappa shape index (κ2) is 5.25. The maximum Gasteiger partial charge on any atom is 0.251 e. The van der Waals surface area contributed by atoms with E-state index >= 15 is 0 Å². The molecule has 1 atom stereocenters. The van der Waals surface area contributed by atoms with Crippen molar-refractivity contribution in [3.63, 3.8) is 0 Å². The van der Waals surface area contributed by atoms with Crippen molar-refractivity contribution in [2.24, 2.45) is 0 Å². The number of rotatable bonds is 1. The highest BCUT2D eigenvalue weighted by atomic mass is 16.5. The van der Waals surface area contributed by atoms with Crippen LogP contribution in [0.4, 0.5) is 0 Å². The topological polar surface area (TPSA) is 55.3 Å². The molecule has 3 heterocycles. The summed E-state index contributed by atoms with van der Waals surface area (Å²) in [7, 11) is 0. The van der Waals surface area contributed by atoms with E-state index in [0.29, 0.717) is 0 Å². The molecule has 1 saturated heterocycles. The molecule has 2 aliphatic rings. The zero-order valence-electron chi connectivity index (χ0n) is 11.3. The molecule has 0 spiro atoms. The molecule has 1 aromatic rings. The first-order chi connectivity index (χ1) is 9.25. The minimum atomic E-state index is -0.214. The van der Waals surface area contributed by atoms with E-state index in [1.807, 2.05) is 11.8 Å². The van der Waals surface area contributed by atoms with Crippen LogP contribution in [0.3, 0.4) is 0 Å². The second-order valence-electron chi connectivity index (χ2n) is 5.21. The summed E-state index contributed by atoms with van der Waals surface area (Å²) in [6.45, 7) is 4.22. The van der Waals surface area contributed by atoms with Crippen molar-refractivity contribution in [2.45, 2.75) is 38.7 Å². The zero-order chi connectivity index (χ0) is 13.2. The third-order valence-corrected chi connectivity index (χ3v) is 4.02. The molecule has 0 saturated carbocycles. The summed E-state index contributed by atoms with van der Waals surface area (Å²) in [6, 6.07) is 0. The highest BCUT2D eigenvalue weighted by Crippen LogP contribution is 2.19. The summed E-state index contributed by atoms with van der Waals surface area (Å²) in [5.74, 6) is 0.149. The highest BCUT2D eigenvalue weighted by molar-refractivity contribution is 5.81. The molecule has 2 aliphatic heterocycles. The van der Waals surface area contributed by atoms with Gasteiger partial charge in [-0.2, -0.15) is 0 Å². The summed E-state index contributed by atoms with van der Waals surface area (Å²) < 4.78 is 5.49. The van der Waals surface area contributed by atoms with E-state index in [1.165, 1.54) is 5.56 Å². The van der Waals surface area contributed by atoms with Crippen molar-refractivity contribution in [3.8, 4) is 0 Å². The van der Waals surface area contributed by atoms with Gasteiger partial charge in [0.15, 0.2) is 0 Å². The van der Waals surface area contributed by atoms with Crippen LogP contribution >= 0.6 is 0 Å². The van der Waals surface area contributed by atoms with Crippen LogP contribution in [0.25, 0.3) is 0 Å². The van der Waals surface area contributed by atoms with Crippen LogP contribution in [0.15, 0.2) is 6.33 Å². The number of aromatic nitrogens is 2. The Hall–Kier alpha value is -1.49. The molecule has 1 aromatic heterocycles. The van der Waals surface area contributed by atoms with Crippen molar-refractivity contribution in [2.75, 3.05) is 19.7 Å². The molecular weight excluding hydrogens is 242 g/mol. The molecule has 0 aromatic carbocycles. The number of fused-ring (bicyclic) bond motifs is 1. The number of carbonyl (C=O) groups excluding carboxylic acids is 1. The molecule has 19 heavy (non-hydrogen) atoms. The fourth-order valence-electron chi connectivity index (χ4n) is 2.89. The van der Waals surface area contributed by atoms with Crippen molar-refractivity contribution in [1.29, 1.82) is 0 Å². The number of nitrogens with zero attached hydrogens (tertiary/aromatic N) is 3. The molecule has 1 fully saturated rings. The van der Waals surface area contributed by atoms with Gasteiger partial charge in [0.05, 0.1) is 0 Å². The number of hydrogen-bond donors (Lipinski definition) is 0. The summed E-state index contributed by atoms with van der Waals surface area (Å²) in [4.78, 5) is 22.9. The van der Waals surface area contributed by atoms with Gasteiger partial charge in [-0.3, -0.25) is 4.79 Å². The molecule has 1 amide bonds. The summed E-state index contributed by atoms with van der Waals surface area (Å²) >= 11 is 0. The monoisotopic (exact) mass is 261 g/mol. The number of ether oxygens (including phenoxy) is 1. The van der Waals surface area contributed by atoms with Crippen LogP contribution in [-0.4, -0.2) is 46.6 Å². The van der Waals surface area contributed by atoms with Gasteiger partial charge in [0, 0.05) is 37.5 Å². The van der Waals surface area contributed by atoms with E-state index in [-0.39, 0.29) is 12.0 Å². The lowest BCUT2D eigenvalue weighted by Gasteiger charge is -2.23. The molecule has 0 bridgehead atoms. The highest BCUT2D eigenvalue weighted by Gasteiger charge is 2.29. The molecule has 0 N–H and O–H groups in total. The van der Waals surface area contributed by atoms with Gasteiger partial charge in [-0.25, -0.2) is 9.97 Å². The summed E-state index contributed by atoms with van der Waals surface area (Å²) in [5.41, 5.74) is 3.34. The average Bonchev–Trinajstić information content (AvgIpc) is 2.85. The van der Waals surface area contributed by atoms with Gasteiger partial charge in [0.2, 0.25) is 0 Å². The number of carbonyl (C=O) groups is 1. The van der Waals surface area contributed by atoms with Crippen molar-refractivity contribution < 1.29 is 9.53 Å². The van der Waals surface area contributed by atoms with Crippen molar-refractivity contribution in [3.05, 3.63) is 23.3 Å². The quantitative estimate of drug-likeness (QED) is 0.753. The Labute approximate surface area is 113 Å². The fraction of sp³-hybridized carbons (Fsp3) is 0.643. The standard InChI is InChI=1S/C14H19N3O2/c1-10-11-4-6-17(7-5-12(11)16-9-15-10)14(18)13-3-2-8-19-13/h9,13H,2-8H2,1H3/t13-/m1/s1. The van der Waals surface area contributed by atoms with E-state index in [9.17, 15) is 4.79 Å². The lowest BCUT2D eigenvalue weighted by molar-refractivity contribution is -0.140. The maximum atomic E-state index is 12.4. The smallest absolute Gasteiger partial charge is 0.251 e. The van der Waals surface area contributed by atoms with Gasteiger partial charge in [-0.1, -0.05) is 0 Å². The second-order valence-corrected chi connectivity index (χ2v) is 5.21. The van der Waals surface area contributed by atoms with E-state index in [4.69, 9.17) is 4.74 Å². The number of aryl methyl sites for hydroxylation is 1. The zero-order valence-corrected chi connectivity index (χ0v) is 11.3. The summed E-state index contributed by atoms with van der Waals surface area (Å²) in [6.07, 6.45) is 4.92. The van der Waals surface area contributed by atoms with E-state index < -0.39 is 0 Å². The predicted molar refractivity (Wildman–Crippen MR) is 69.7 cm³/mol. The minimum Gasteiger partial charge on any atom is -0.368 e. The van der Waals surface area contributed by atoms with Gasteiger partial charge >= 0.3 is 0 Å². The van der Waals surface area contributed by atoms with Crippen molar-refractivity contribution in [1.82, 2.24) is 14.9 Å². The third kappa shape index (κ3) is 2.47. The van der Waals surface area contributed by atoms with Crippen LogP contribution < -0.4 is 0 Å². The molecule has 0 radical (unpaired) electrons. The largest absolute Gasteiger partial charge is 0.368 e. The molecular formula is C14H19N3O2. The normalized spacial score (nSPS) is 23.0. The average molecular weight is 261 g/mol. The molecule has 0 unspecified atom stereocenters. The van der Waals surface area contributed by atoms with Crippen molar-refractivity contribution >= 4 is 5.91 Å². The maximum absolute atomic E-state index is 12.4. The Bertz CT molecular complexity index is 484. The predicted octanol–water partition coefficient (Wildman–Crippen LogP) is 0.891. The Morgan fingerprint density at radius 2 is 2.21 bits per heavy atom. The molecule has 3 rings (SSSR count). The first kappa shape index (κ1) is 12.5. The molecule has 102 valence electrons. The van der Waals surface area contributed by atoms with E-state index in [1.54, 1.807) is 6.33 Å². The first-order valence-corrected chi connectivity index (χ1v) is 6.95. The van der Waals surface area contributed by atoms with Gasteiger partial charge in [-0.05, 0) is 31.7 Å². The Morgan fingerprint density at radius 3 is 3.00 bits per heavy atom. The molecule has 5 nitrogen and oxygen atoms in total. The fourth-order valence-corrected chi connectivity index (χ4v) is 2.89. The lowest BCUT2D eigenvalue weighted by Crippen LogP contribution is -2.40. The van der Waals surface area contributed by atoms with Crippen LogP contribution in [0.5, 0.6) is 0 Å². The van der Waals surface area contributed by atoms with Crippen LogP contribution in [0.2, 0.25) is 0 Å². The third-order valence-electron chi connectivity index (χ3n) is 4.02. The van der Waals surface area contributed by atoms with Gasteiger partial charge in [-0.15, -0.1) is 0 Å². The SMILES string of the molecule is Cc1ncnc2c1CCN(C(=O)[C@H]1CCCO1)CC2. The Balaban J connectivity index is 1.72. The van der Waals surface area contributed by atoms with Gasteiger partial charge in [0.25, 0.3) is 5.91 Å². The van der Waals surface area contributed by atoms with Crippen LogP contribution in [-0.2, 0) is 22.4 Å². The number of amides is 1.